The molecule has 1 saturated heterocycles. The van der Waals surface area contributed by atoms with Crippen molar-refractivity contribution in [1.29, 1.82) is 0 Å². The molecule has 150 valence electrons. The van der Waals surface area contributed by atoms with Gasteiger partial charge >= 0.3 is 0 Å². The molecule has 1 aromatic carbocycles. The van der Waals surface area contributed by atoms with Crippen LogP contribution in [0, 0.1) is 17.8 Å². The van der Waals surface area contributed by atoms with Crippen molar-refractivity contribution in [2.24, 2.45) is 17.8 Å². The van der Waals surface area contributed by atoms with Gasteiger partial charge in [0.1, 0.15) is 12.4 Å². The molecular weight excluding hydrogens is 336 g/mol. The summed E-state index contributed by atoms with van der Waals surface area (Å²) in [5.74, 6) is 3.14. The van der Waals surface area contributed by atoms with Crippen molar-refractivity contribution in [2.45, 2.75) is 65.1 Å². The number of allylic oxidation sites excluding steroid dienone is 1. The maximum atomic E-state index is 5.87. The van der Waals surface area contributed by atoms with Crippen LogP contribution in [0.3, 0.4) is 0 Å². The largest absolute Gasteiger partial charge is 0.490 e. The van der Waals surface area contributed by atoms with Crippen molar-refractivity contribution >= 4 is 0 Å². The van der Waals surface area contributed by atoms with Crippen molar-refractivity contribution in [1.82, 2.24) is 0 Å². The second kappa shape index (κ2) is 10.9. The Morgan fingerprint density at radius 2 is 1.67 bits per heavy atom. The predicted molar refractivity (Wildman–Crippen MR) is 110 cm³/mol. The highest BCUT2D eigenvalue weighted by Crippen LogP contribution is 2.32. The van der Waals surface area contributed by atoms with E-state index in [1.54, 1.807) is 0 Å². The quantitative estimate of drug-likeness (QED) is 0.501. The maximum absolute atomic E-state index is 5.87. The summed E-state index contributed by atoms with van der Waals surface area (Å²) < 4.78 is 17.5. The molecule has 27 heavy (non-hydrogen) atoms. The Labute approximate surface area is 165 Å². The van der Waals surface area contributed by atoms with Crippen LogP contribution in [-0.4, -0.2) is 19.8 Å². The highest BCUT2D eigenvalue weighted by atomic mass is 16.7. The van der Waals surface area contributed by atoms with E-state index in [0.29, 0.717) is 12.5 Å². The smallest absolute Gasteiger partial charge is 0.183 e. The van der Waals surface area contributed by atoms with E-state index in [1.807, 2.05) is 24.3 Å². The summed E-state index contributed by atoms with van der Waals surface area (Å²) in [6.45, 7) is 6.68. The van der Waals surface area contributed by atoms with Gasteiger partial charge in [0.25, 0.3) is 0 Å². The predicted octanol–water partition coefficient (Wildman–Crippen LogP) is 6.30. The zero-order chi connectivity index (χ0) is 18.9. The monoisotopic (exact) mass is 372 g/mol. The van der Waals surface area contributed by atoms with E-state index in [4.69, 9.17) is 14.2 Å². The van der Waals surface area contributed by atoms with Gasteiger partial charge < -0.3 is 14.2 Å². The lowest BCUT2D eigenvalue weighted by molar-refractivity contribution is -0.205. The van der Waals surface area contributed by atoms with Gasteiger partial charge in [-0.25, -0.2) is 0 Å². The van der Waals surface area contributed by atoms with Crippen LogP contribution in [0.4, 0.5) is 0 Å². The third-order valence-corrected chi connectivity index (χ3v) is 6.04. The first-order valence-corrected chi connectivity index (χ1v) is 10.9. The highest BCUT2D eigenvalue weighted by molar-refractivity contribution is 5.28. The van der Waals surface area contributed by atoms with Crippen LogP contribution in [0.25, 0.3) is 0 Å². The summed E-state index contributed by atoms with van der Waals surface area (Å²) in [5, 5.41) is 0. The van der Waals surface area contributed by atoms with E-state index < -0.39 is 0 Å². The van der Waals surface area contributed by atoms with Crippen LogP contribution >= 0.6 is 0 Å². The first-order valence-electron chi connectivity index (χ1n) is 10.9. The Morgan fingerprint density at radius 3 is 2.30 bits per heavy atom. The van der Waals surface area contributed by atoms with E-state index in [0.717, 1.165) is 42.8 Å². The first kappa shape index (κ1) is 20.4. The lowest BCUT2D eigenvalue weighted by Crippen LogP contribution is -2.26. The summed E-state index contributed by atoms with van der Waals surface area (Å²) >= 11 is 0. The van der Waals surface area contributed by atoms with Gasteiger partial charge in [-0.15, -0.1) is 0 Å². The molecule has 3 rings (SSSR count). The van der Waals surface area contributed by atoms with Crippen molar-refractivity contribution in [3.63, 3.8) is 0 Å². The Hall–Kier alpha value is -1.32. The minimum Gasteiger partial charge on any atom is -0.490 e. The molecule has 1 heterocycles. The molecule has 0 amide bonds. The first-order chi connectivity index (χ1) is 13.3. The normalized spacial score (nSPS) is 29.1. The van der Waals surface area contributed by atoms with Gasteiger partial charge in [0.05, 0.1) is 13.2 Å². The minimum atomic E-state index is -0.232. The van der Waals surface area contributed by atoms with Crippen molar-refractivity contribution in [2.75, 3.05) is 19.8 Å². The van der Waals surface area contributed by atoms with Crippen LogP contribution < -0.4 is 4.74 Å². The topological polar surface area (TPSA) is 27.7 Å². The zero-order valence-corrected chi connectivity index (χ0v) is 17.1. The molecule has 2 aliphatic rings. The number of rotatable bonds is 8. The Balaban J connectivity index is 1.37. The van der Waals surface area contributed by atoms with E-state index >= 15 is 0 Å². The molecule has 0 N–H and O–H groups in total. The second-order valence-electron chi connectivity index (χ2n) is 8.15. The summed E-state index contributed by atoms with van der Waals surface area (Å²) in [6, 6.07) is 8.12. The second-order valence-corrected chi connectivity index (χ2v) is 8.15. The third-order valence-electron chi connectivity index (χ3n) is 6.04. The van der Waals surface area contributed by atoms with E-state index in [-0.39, 0.29) is 6.29 Å². The molecule has 1 aliphatic carbocycles. The lowest BCUT2D eigenvalue weighted by atomic mass is 9.80. The third kappa shape index (κ3) is 6.36. The SMILES string of the molecule is CCC[C@H]1CC[C@H](C=CCOc2ccc([C@H]3OC[C@H](CC)CO3)cc2)CC1. The zero-order valence-electron chi connectivity index (χ0n) is 17.1. The highest BCUT2D eigenvalue weighted by Gasteiger charge is 2.22. The summed E-state index contributed by atoms with van der Waals surface area (Å²) in [4.78, 5) is 0. The Morgan fingerprint density at radius 1 is 0.963 bits per heavy atom. The van der Waals surface area contributed by atoms with Crippen LogP contribution in [-0.2, 0) is 9.47 Å². The van der Waals surface area contributed by atoms with Gasteiger partial charge in [0.2, 0.25) is 0 Å². The number of benzene rings is 1. The van der Waals surface area contributed by atoms with Gasteiger partial charge in [-0.2, -0.15) is 0 Å². The molecule has 0 radical (unpaired) electrons. The fourth-order valence-corrected chi connectivity index (χ4v) is 4.16. The fourth-order valence-electron chi connectivity index (χ4n) is 4.16. The number of hydrogen-bond acceptors (Lipinski definition) is 3. The molecular formula is C24H36O3. The van der Waals surface area contributed by atoms with E-state index in [9.17, 15) is 0 Å². The summed E-state index contributed by atoms with van der Waals surface area (Å²) in [5.41, 5.74) is 1.07. The Kier molecular flexibility index (Phi) is 8.22. The van der Waals surface area contributed by atoms with Gasteiger partial charge in [-0.1, -0.05) is 51.0 Å². The molecule has 2 fully saturated rings. The van der Waals surface area contributed by atoms with Crippen LogP contribution in [0.15, 0.2) is 36.4 Å². The summed E-state index contributed by atoms with van der Waals surface area (Å²) in [7, 11) is 0. The van der Waals surface area contributed by atoms with Gasteiger partial charge in [0, 0.05) is 11.5 Å². The molecule has 0 bridgehead atoms. The summed E-state index contributed by atoms with van der Waals surface area (Å²) in [6.07, 6.45) is 13.7. The molecule has 1 aliphatic heterocycles. The lowest BCUT2D eigenvalue weighted by Gasteiger charge is -2.29. The average molecular weight is 373 g/mol. The van der Waals surface area contributed by atoms with E-state index in [2.05, 4.69) is 26.0 Å². The van der Waals surface area contributed by atoms with E-state index in [1.165, 1.54) is 38.5 Å². The average Bonchev–Trinajstić information content (AvgIpc) is 2.73. The van der Waals surface area contributed by atoms with Crippen LogP contribution in [0.1, 0.15) is 70.6 Å². The Bertz CT molecular complexity index is 549. The fraction of sp³-hybridized carbons (Fsp3) is 0.667. The van der Waals surface area contributed by atoms with Crippen molar-refractivity contribution in [3.8, 4) is 5.75 Å². The maximum Gasteiger partial charge on any atom is 0.183 e. The standard InChI is InChI=1S/C24H36O3/c1-3-6-20-8-10-21(11-9-20)7-5-16-25-23-14-12-22(13-15-23)24-26-17-19(4-2)18-27-24/h5,7,12-15,19-21,24H,3-4,6,8-11,16-18H2,1-2H3/t19-,20-,21-,24-. The van der Waals surface area contributed by atoms with Crippen molar-refractivity contribution in [3.05, 3.63) is 42.0 Å². The van der Waals surface area contributed by atoms with Gasteiger partial charge in [-0.3, -0.25) is 0 Å². The molecule has 0 atom stereocenters. The minimum absolute atomic E-state index is 0.232. The number of ether oxygens (including phenoxy) is 3. The van der Waals surface area contributed by atoms with Crippen LogP contribution in [0.2, 0.25) is 0 Å². The molecule has 3 nitrogen and oxygen atoms in total. The molecule has 0 unspecified atom stereocenters. The van der Waals surface area contributed by atoms with Crippen molar-refractivity contribution < 1.29 is 14.2 Å². The molecule has 1 aromatic rings. The molecule has 0 spiro atoms. The number of hydrogen-bond donors (Lipinski definition) is 0. The van der Waals surface area contributed by atoms with Crippen LogP contribution in [0.5, 0.6) is 5.75 Å². The molecule has 0 aromatic heterocycles. The molecule has 1 saturated carbocycles. The van der Waals surface area contributed by atoms with Gasteiger partial charge in [0.15, 0.2) is 6.29 Å². The molecule has 3 heteroatoms. The van der Waals surface area contributed by atoms with Gasteiger partial charge in [-0.05, 0) is 56.1 Å².